The van der Waals surface area contributed by atoms with E-state index in [0.717, 1.165) is 0 Å². The summed E-state index contributed by atoms with van der Waals surface area (Å²) in [6.45, 7) is 9.07. The molecule has 0 saturated carbocycles. The van der Waals surface area contributed by atoms with Crippen molar-refractivity contribution in [1.29, 1.82) is 0 Å². The molecular weight excluding hydrogens is 344 g/mol. The molecule has 0 aliphatic heterocycles. The van der Waals surface area contributed by atoms with Crippen LogP contribution in [-0.4, -0.2) is 45.3 Å². The van der Waals surface area contributed by atoms with Gasteiger partial charge in [0.1, 0.15) is 4.90 Å². The molecule has 3 N–H and O–H groups in total. The van der Waals surface area contributed by atoms with Crippen LogP contribution in [0.3, 0.4) is 0 Å². The molecule has 0 unspecified atom stereocenters. The predicted molar refractivity (Wildman–Crippen MR) is 97.6 cm³/mol. The Hall–Kier alpha value is -1.64. The number of sulfonamides is 1. The first kappa shape index (κ1) is 21.4. The highest BCUT2D eigenvalue weighted by molar-refractivity contribution is 7.89. The Balaban J connectivity index is 2.92. The molecule has 1 aromatic rings. The number of carboxylic acid groups (broad SMARTS) is 1. The highest BCUT2D eigenvalue weighted by atomic mass is 32.2. The smallest absolute Gasteiger partial charge is 0.335 e. The summed E-state index contributed by atoms with van der Waals surface area (Å²) >= 11 is 0. The van der Waals surface area contributed by atoms with E-state index >= 15 is 0 Å². The van der Waals surface area contributed by atoms with Crippen molar-refractivity contribution in [3.8, 4) is 0 Å². The summed E-state index contributed by atoms with van der Waals surface area (Å²) in [5.74, 6) is -0.854. The van der Waals surface area contributed by atoms with Gasteiger partial charge in [-0.05, 0) is 44.4 Å². The molecule has 1 rings (SSSR count). The molecular formula is C17H28N2O5S. The normalized spacial score (nSPS) is 11.9. The highest BCUT2D eigenvalue weighted by Gasteiger charge is 2.20. The molecule has 0 heterocycles. The fourth-order valence-corrected chi connectivity index (χ4v) is 3.29. The monoisotopic (exact) mass is 372 g/mol. The van der Waals surface area contributed by atoms with E-state index in [1.54, 1.807) is 0 Å². The molecule has 0 amide bonds. The summed E-state index contributed by atoms with van der Waals surface area (Å²) in [4.78, 5) is 11.1. The second-order valence-corrected chi connectivity index (χ2v) is 8.20. The lowest BCUT2D eigenvalue weighted by atomic mass is 10.2. The Bertz CT molecular complexity index is 672. The number of rotatable bonds is 11. The van der Waals surface area contributed by atoms with Crippen LogP contribution >= 0.6 is 0 Å². The van der Waals surface area contributed by atoms with E-state index in [-0.39, 0.29) is 23.1 Å². The summed E-state index contributed by atoms with van der Waals surface area (Å²) in [6.07, 6.45) is 0.626. The van der Waals surface area contributed by atoms with Crippen LogP contribution in [0.25, 0.3) is 0 Å². The summed E-state index contributed by atoms with van der Waals surface area (Å²) in [5, 5.41) is 12.2. The zero-order valence-electron chi connectivity index (χ0n) is 15.2. The third kappa shape index (κ3) is 7.41. The number of anilines is 1. The van der Waals surface area contributed by atoms with Crippen LogP contribution in [0.1, 0.15) is 44.5 Å². The maximum absolute atomic E-state index is 12.6. The van der Waals surface area contributed by atoms with E-state index in [0.29, 0.717) is 31.2 Å². The number of benzene rings is 1. The SMILES string of the molecule is CC(C)CNc1ccc(C(=O)O)cc1S(=O)(=O)NCCCOC(C)C. The van der Waals surface area contributed by atoms with E-state index in [4.69, 9.17) is 9.84 Å². The average molecular weight is 372 g/mol. The van der Waals surface area contributed by atoms with Gasteiger partial charge in [0.2, 0.25) is 10.0 Å². The molecule has 0 aliphatic rings. The summed E-state index contributed by atoms with van der Waals surface area (Å²) in [5.41, 5.74) is 0.322. The molecule has 0 fully saturated rings. The zero-order valence-corrected chi connectivity index (χ0v) is 16.0. The van der Waals surface area contributed by atoms with Crippen molar-refractivity contribution in [1.82, 2.24) is 4.72 Å². The Morgan fingerprint density at radius 2 is 1.92 bits per heavy atom. The van der Waals surface area contributed by atoms with Crippen molar-refractivity contribution in [3.63, 3.8) is 0 Å². The molecule has 25 heavy (non-hydrogen) atoms. The Kier molecular flexibility index (Phi) is 8.34. The van der Waals surface area contributed by atoms with Gasteiger partial charge in [-0.15, -0.1) is 0 Å². The third-order valence-corrected chi connectivity index (χ3v) is 4.78. The van der Waals surface area contributed by atoms with Crippen molar-refractivity contribution < 1.29 is 23.1 Å². The van der Waals surface area contributed by atoms with Gasteiger partial charge in [0, 0.05) is 19.7 Å². The second-order valence-electron chi connectivity index (χ2n) is 6.46. The Morgan fingerprint density at radius 1 is 1.24 bits per heavy atom. The van der Waals surface area contributed by atoms with E-state index in [9.17, 15) is 13.2 Å². The molecule has 142 valence electrons. The van der Waals surface area contributed by atoms with Gasteiger partial charge in [0.15, 0.2) is 0 Å². The van der Waals surface area contributed by atoms with Crippen LogP contribution in [0.5, 0.6) is 0 Å². The van der Waals surface area contributed by atoms with Crippen molar-refractivity contribution in [2.45, 2.75) is 45.1 Å². The number of hydrogen-bond donors (Lipinski definition) is 3. The zero-order chi connectivity index (χ0) is 19.0. The lowest BCUT2D eigenvalue weighted by molar-refractivity contribution is 0.0696. The van der Waals surface area contributed by atoms with E-state index < -0.39 is 16.0 Å². The summed E-state index contributed by atoms with van der Waals surface area (Å²) in [6, 6.07) is 4.06. The Labute approximate surface area is 149 Å². The third-order valence-electron chi connectivity index (χ3n) is 3.28. The van der Waals surface area contributed by atoms with Crippen molar-refractivity contribution in [3.05, 3.63) is 23.8 Å². The molecule has 0 bridgehead atoms. The number of carbonyl (C=O) groups is 1. The van der Waals surface area contributed by atoms with Gasteiger partial charge in [0.25, 0.3) is 0 Å². The van der Waals surface area contributed by atoms with Gasteiger partial charge < -0.3 is 15.2 Å². The van der Waals surface area contributed by atoms with Gasteiger partial charge in [-0.3, -0.25) is 0 Å². The first-order valence-corrected chi connectivity index (χ1v) is 9.84. The van der Waals surface area contributed by atoms with E-state index in [1.807, 2.05) is 27.7 Å². The van der Waals surface area contributed by atoms with Gasteiger partial charge >= 0.3 is 5.97 Å². The molecule has 0 saturated heterocycles. The van der Waals surface area contributed by atoms with E-state index in [2.05, 4.69) is 10.0 Å². The van der Waals surface area contributed by atoms with Crippen LogP contribution in [0, 0.1) is 5.92 Å². The number of carboxylic acids is 1. The molecule has 8 heteroatoms. The van der Waals surface area contributed by atoms with Crippen molar-refractivity contribution in [2.24, 2.45) is 5.92 Å². The maximum Gasteiger partial charge on any atom is 0.335 e. The van der Waals surface area contributed by atoms with Gasteiger partial charge in [0.05, 0.1) is 17.4 Å². The van der Waals surface area contributed by atoms with Crippen LogP contribution in [0.4, 0.5) is 5.69 Å². The van der Waals surface area contributed by atoms with Gasteiger partial charge in [-0.25, -0.2) is 17.9 Å². The largest absolute Gasteiger partial charge is 0.478 e. The topological polar surface area (TPSA) is 105 Å². The molecule has 0 spiro atoms. The first-order valence-electron chi connectivity index (χ1n) is 8.36. The van der Waals surface area contributed by atoms with Crippen LogP contribution in [-0.2, 0) is 14.8 Å². The molecule has 0 aromatic heterocycles. The van der Waals surface area contributed by atoms with E-state index in [1.165, 1.54) is 18.2 Å². The number of hydrogen-bond acceptors (Lipinski definition) is 5. The number of aromatic carboxylic acids is 1. The van der Waals surface area contributed by atoms with Crippen LogP contribution in [0.2, 0.25) is 0 Å². The Morgan fingerprint density at radius 3 is 2.48 bits per heavy atom. The number of nitrogens with one attached hydrogen (secondary N) is 2. The number of ether oxygens (including phenoxy) is 1. The maximum atomic E-state index is 12.6. The standard InChI is InChI=1S/C17H28N2O5S/c1-12(2)11-18-15-7-6-14(17(20)21)10-16(15)25(22,23)19-8-5-9-24-13(3)4/h6-7,10,12-13,18-19H,5,8-9,11H2,1-4H3,(H,20,21). The van der Waals surface area contributed by atoms with Gasteiger partial charge in [-0.1, -0.05) is 13.8 Å². The fourth-order valence-electron chi connectivity index (χ4n) is 2.01. The highest BCUT2D eigenvalue weighted by Crippen LogP contribution is 2.23. The minimum absolute atomic E-state index is 0.0576. The van der Waals surface area contributed by atoms with Crippen molar-refractivity contribution >= 4 is 21.7 Å². The average Bonchev–Trinajstić information content (AvgIpc) is 2.51. The molecule has 0 radical (unpaired) electrons. The molecule has 1 aromatic carbocycles. The first-order chi connectivity index (χ1) is 11.6. The lowest BCUT2D eigenvalue weighted by Gasteiger charge is -2.15. The quantitative estimate of drug-likeness (QED) is 0.516. The fraction of sp³-hybridized carbons (Fsp3) is 0.588. The molecule has 7 nitrogen and oxygen atoms in total. The summed E-state index contributed by atoms with van der Waals surface area (Å²) < 4.78 is 33.0. The van der Waals surface area contributed by atoms with Crippen LogP contribution < -0.4 is 10.0 Å². The summed E-state index contributed by atoms with van der Waals surface area (Å²) in [7, 11) is -3.83. The lowest BCUT2D eigenvalue weighted by Crippen LogP contribution is -2.27. The van der Waals surface area contributed by atoms with Gasteiger partial charge in [-0.2, -0.15) is 0 Å². The second kappa shape index (κ2) is 9.74. The minimum Gasteiger partial charge on any atom is -0.478 e. The molecule has 0 aliphatic carbocycles. The minimum atomic E-state index is -3.83. The molecule has 0 atom stereocenters. The predicted octanol–water partition coefficient (Wildman–Crippen LogP) is 2.55. The van der Waals surface area contributed by atoms with Crippen molar-refractivity contribution in [2.75, 3.05) is 25.0 Å². The van der Waals surface area contributed by atoms with Crippen LogP contribution in [0.15, 0.2) is 23.1 Å².